The number of anilines is 1. The second kappa shape index (κ2) is 11.9. The summed E-state index contributed by atoms with van der Waals surface area (Å²) in [4.78, 5) is 13.5. The lowest BCUT2D eigenvalue weighted by Crippen LogP contribution is -2.51. The highest BCUT2D eigenvalue weighted by Crippen LogP contribution is 2.40. The van der Waals surface area contributed by atoms with Crippen LogP contribution in [0.1, 0.15) is 29.5 Å². The van der Waals surface area contributed by atoms with Crippen LogP contribution in [0.15, 0.2) is 84.3 Å². The van der Waals surface area contributed by atoms with Gasteiger partial charge in [0.15, 0.2) is 0 Å². The molecular formula is C28H23F6N5O3. The van der Waals surface area contributed by atoms with Gasteiger partial charge in [0.1, 0.15) is 29.0 Å². The largest absolute Gasteiger partial charge is 0.573 e. The van der Waals surface area contributed by atoms with Crippen LogP contribution in [0.3, 0.4) is 0 Å². The van der Waals surface area contributed by atoms with E-state index in [0.29, 0.717) is 5.56 Å². The number of urea groups is 1. The molecular weight excluding hydrogens is 568 g/mol. The Morgan fingerprint density at radius 2 is 1.76 bits per heavy atom. The fraction of sp³-hybridized carbons (Fsp3) is 0.250. The molecule has 0 saturated heterocycles. The number of nitrogens with zero attached hydrogens (tertiary/aromatic N) is 3. The first kappa shape index (κ1) is 30.0. The molecule has 0 aliphatic heterocycles. The number of alkyl halides is 6. The van der Waals surface area contributed by atoms with Crippen molar-refractivity contribution in [1.82, 2.24) is 15.1 Å². The standard InChI is InChI=1S/C28H23F6N5O3/c1-39-24(19(16-35)17-36-39)37-25(40)38-26(15-18-7-3-2-4-8-18,20-9-5-11-22(13-20)41-27(29,30)31)21-10-6-12-23(14-21)42-28(32,33)34/h2-5,7-11,13-14,17H,6,12,15H2,1H3,(H2,37,38,40). The molecule has 1 aliphatic carbocycles. The second-order valence-corrected chi connectivity index (χ2v) is 9.22. The van der Waals surface area contributed by atoms with Crippen LogP contribution >= 0.6 is 0 Å². The molecule has 1 heterocycles. The number of nitrogens with one attached hydrogen (secondary N) is 2. The summed E-state index contributed by atoms with van der Waals surface area (Å²) in [6.45, 7) is 0. The molecule has 1 aromatic heterocycles. The smallest absolute Gasteiger partial charge is 0.410 e. The zero-order valence-electron chi connectivity index (χ0n) is 21.9. The van der Waals surface area contributed by atoms with E-state index >= 15 is 0 Å². The summed E-state index contributed by atoms with van der Waals surface area (Å²) < 4.78 is 88.4. The van der Waals surface area contributed by atoms with Crippen LogP contribution in [0.2, 0.25) is 0 Å². The molecule has 8 nitrogen and oxygen atoms in total. The van der Waals surface area contributed by atoms with Crippen molar-refractivity contribution in [3.63, 3.8) is 0 Å². The van der Waals surface area contributed by atoms with E-state index in [-0.39, 0.29) is 41.8 Å². The molecule has 3 aromatic rings. The average Bonchev–Trinajstić information content (AvgIpc) is 3.26. The Morgan fingerprint density at radius 3 is 2.43 bits per heavy atom. The van der Waals surface area contributed by atoms with Crippen LogP contribution in [-0.2, 0) is 23.7 Å². The Morgan fingerprint density at radius 1 is 1.05 bits per heavy atom. The Balaban J connectivity index is 1.89. The number of carbonyl (C=O) groups is 1. The van der Waals surface area contributed by atoms with Crippen molar-refractivity contribution in [2.45, 2.75) is 37.5 Å². The quantitative estimate of drug-likeness (QED) is 0.288. The molecule has 2 aromatic carbocycles. The molecule has 1 unspecified atom stereocenters. The molecule has 0 saturated carbocycles. The third-order valence-electron chi connectivity index (χ3n) is 6.30. The van der Waals surface area contributed by atoms with Crippen molar-refractivity contribution in [2.75, 3.05) is 5.32 Å². The van der Waals surface area contributed by atoms with E-state index in [1.165, 1.54) is 30.1 Å². The number of carbonyl (C=O) groups excluding carboxylic acids is 1. The van der Waals surface area contributed by atoms with Gasteiger partial charge in [-0.25, -0.2) is 4.79 Å². The van der Waals surface area contributed by atoms with E-state index in [0.717, 1.165) is 18.2 Å². The number of nitriles is 1. The van der Waals surface area contributed by atoms with E-state index in [1.54, 1.807) is 36.4 Å². The number of benzene rings is 2. The van der Waals surface area contributed by atoms with Crippen LogP contribution in [0.25, 0.3) is 0 Å². The molecule has 1 atom stereocenters. The van der Waals surface area contributed by atoms with Gasteiger partial charge < -0.3 is 14.8 Å². The number of allylic oxidation sites excluding steroid dienone is 2. The van der Waals surface area contributed by atoms with E-state index in [4.69, 9.17) is 0 Å². The highest BCUT2D eigenvalue weighted by molar-refractivity contribution is 5.90. The van der Waals surface area contributed by atoms with Gasteiger partial charge in [-0.1, -0.05) is 48.5 Å². The number of aromatic nitrogens is 2. The van der Waals surface area contributed by atoms with Gasteiger partial charge in [0.25, 0.3) is 0 Å². The fourth-order valence-corrected chi connectivity index (χ4v) is 4.62. The third-order valence-corrected chi connectivity index (χ3v) is 6.30. The number of hydrogen-bond acceptors (Lipinski definition) is 5. The van der Waals surface area contributed by atoms with Gasteiger partial charge in [-0.2, -0.15) is 10.4 Å². The number of hydrogen-bond donors (Lipinski definition) is 2. The fourth-order valence-electron chi connectivity index (χ4n) is 4.62. The van der Waals surface area contributed by atoms with E-state index in [2.05, 4.69) is 25.2 Å². The van der Waals surface area contributed by atoms with E-state index < -0.39 is 35.8 Å². The van der Waals surface area contributed by atoms with E-state index in [1.807, 2.05) is 6.07 Å². The summed E-state index contributed by atoms with van der Waals surface area (Å²) in [5.74, 6) is -1.03. The van der Waals surface area contributed by atoms with Crippen molar-refractivity contribution < 1.29 is 40.6 Å². The van der Waals surface area contributed by atoms with Crippen molar-refractivity contribution in [3.05, 3.63) is 101 Å². The summed E-state index contributed by atoms with van der Waals surface area (Å²) in [5, 5.41) is 18.6. The van der Waals surface area contributed by atoms with Gasteiger partial charge in [0.05, 0.1) is 11.7 Å². The normalized spacial score (nSPS) is 15.0. The first-order valence-electron chi connectivity index (χ1n) is 12.4. The van der Waals surface area contributed by atoms with Crippen LogP contribution < -0.4 is 15.4 Å². The molecule has 14 heteroatoms. The zero-order valence-corrected chi connectivity index (χ0v) is 21.9. The molecule has 220 valence electrons. The number of ether oxygens (including phenoxy) is 2. The number of aryl methyl sites for hydroxylation is 1. The third kappa shape index (κ3) is 7.42. The molecule has 2 amide bonds. The summed E-state index contributed by atoms with van der Waals surface area (Å²) in [6, 6.07) is 14.3. The van der Waals surface area contributed by atoms with Crippen LogP contribution in [-0.4, -0.2) is 28.5 Å². The van der Waals surface area contributed by atoms with Crippen molar-refractivity contribution in [2.24, 2.45) is 7.05 Å². The first-order valence-corrected chi connectivity index (χ1v) is 12.4. The average molecular weight is 592 g/mol. The minimum Gasteiger partial charge on any atom is -0.410 e. The summed E-state index contributed by atoms with van der Waals surface area (Å²) in [6.07, 6.45) is -6.24. The molecule has 0 radical (unpaired) electrons. The lowest BCUT2D eigenvalue weighted by molar-refractivity contribution is -0.306. The molecule has 4 rings (SSSR count). The predicted molar refractivity (Wildman–Crippen MR) is 138 cm³/mol. The van der Waals surface area contributed by atoms with Gasteiger partial charge in [0, 0.05) is 19.9 Å². The van der Waals surface area contributed by atoms with Crippen molar-refractivity contribution in [1.29, 1.82) is 5.26 Å². The van der Waals surface area contributed by atoms with Gasteiger partial charge in [-0.15, -0.1) is 26.3 Å². The van der Waals surface area contributed by atoms with Gasteiger partial charge in [0.2, 0.25) is 0 Å². The highest BCUT2D eigenvalue weighted by atomic mass is 19.4. The zero-order chi connectivity index (χ0) is 30.5. The SMILES string of the molecule is Cn1ncc(C#N)c1NC(=O)NC(Cc1ccccc1)(C1=CCCC(OC(F)(F)F)=C1)c1cccc(OC(F)(F)F)c1. The summed E-state index contributed by atoms with van der Waals surface area (Å²) >= 11 is 0. The second-order valence-electron chi connectivity index (χ2n) is 9.22. The number of rotatable bonds is 8. The monoisotopic (exact) mass is 591 g/mol. The Labute approximate surface area is 235 Å². The maximum absolute atomic E-state index is 13.5. The molecule has 42 heavy (non-hydrogen) atoms. The lowest BCUT2D eigenvalue weighted by Gasteiger charge is -2.38. The van der Waals surface area contributed by atoms with Crippen molar-refractivity contribution in [3.8, 4) is 11.8 Å². The molecule has 2 N–H and O–H groups in total. The van der Waals surface area contributed by atoms with Crippen LogP contribution in [0, 0.1) is 11.3 Å². The van der Waals surface area contributed by atoms with Gasteiger partial charge in [-0.3, -0.25) is 10.00 Å². The van der Waals surface area contributed by atoms with Crippen LogP contribution in [0.5, 0.6) is 5.75 Å². The number of halogens is 6. The Bertz CT molecular complexity index is 1540. The highest BCUT2D eigenvalue weighted by Gasteiger charge is 2.41. The minimum atomic E-state index is -5.03. The Hall–Kier alpha value is -4.93. The van der Waals surface area contributed by atoms with E-state index in [9.17, 15) is 36.4 Å². The molecule has 0 bridgehead atoms. The summed E-state index contributed by atoms with van der Waals surface area (Å²) in [7, 11) is 1.47. The topological polar surface area (TPSA) is 101 Å². The maximum Gasteiger partial charge on any atom is 0.573 e. The minimum absolute atomic E-state index is 0.0204. The van der Waals surface area contributed by atoms with Gasteiger partial charge >= 0.3 is 18.8 Å². The molecule has 1 aliphatic rings. The van der Waals surface area contributed by atoms with Crippen LogP contribution in [0.4, 0.5) is 37.0 Å². The lowest BCUT2D eigenvalue weighted by atomic mass is 9.75. The summed E-state index contributed by atoms with van der Waals surface area (Å²) in [5.41, 5.74) is -0.926. The molecule has 0 spiro atoms. The maximum atomic E-state index is 13.5. The van der Waals surface area contributed by atoms with Gasteiger partial charge in [-0.05, 0) is 41.3 Å². The predicted octanol–water partition coefficient (Wildman–Crippen LogP) is 6.59. The Kier molecular flexibility index (Phi) is 8.51. The van der Waals surface area contributed by atoms with Crippen molar-refractivity contribution >= 4 is 11.8 Å². The number of amides is 2. The first-order chi connectivity index (χ1) is 19.8. The molecule has 0 fully saturated rings.